The van der Waals surface area contributed by atoms with Crippen LogP contribution in [0, 0.1) is 17.2 Å². The summed E-state index contributed by atoms with van der Waals surface area (Å²) in [5.74, 6) is 1.51. The summed E-state index contributed by atoms with van der Waals surface area (Å²) in [5.41, 5.74) is 2.16. The van der Waals surface area contributed by atoms with Crippen LogP contribution in [-0.4, -0.2) is 48.5 Å². The van der Waals surface area contributed by atoms with Gasteiger partial charge in [-0.3, -0.25) is 9.69 Å². The van der Waals surface area contributed by atoms with Crippen molar-refractivity contribution in [1.29, 1.82) is 0 Å². The van der Waals surface area contributed by atoms with E-state index < -0.39 is 0 Å². The number of hydrogen-bond acceptors (Lipinski definition) is 3. The van der Waals surface area contributed by atoms with Crippen molar-refractivity contribution in [3.8, 4) is 5.75 Å². The van der Waals surface area contributed by atoms with Gasteiger partial charge in [0.2, 0.25) is 5.91 Å². The average Bonchev–Trinajstić information content (AvgIpc) is 2.83. The number of amides is 1. The number of rotatable bonds is 4. The zero-order valence-corrected chi connectivity index (χ0v) is 21.5. The van der Waals surface area contributed by atoms with Gasteiger partial charge in [0.25, 0.3) is 0 Å². The number of ether oxygens (including phenoxy) is 1. The van der Waals surface area contributed by atoms with E-state index in [2.05, 4.69) is 41.8 Å². The molecular weight excluding hydrogens is 439 g/mol. The first kappa shape index (κ1) is 25.7. The van der Waals surface area contributed by atoms with E-state index in [0.29, 0.717) is 25.5 Å². The van der Waals surface area contributed by atoms with Crippen LogP contribution in [0.2, 0.25) is 0 Å². The van der Waals surface area contributed by atoms with Gasteiger partial charge in [0.05, 0.1) is 0 Å². The Morgan fingerprint density at radius 1 is 1.00 bits per heavy atom. The predicted octanol–water partition coefficient (Wildman–Crippen LogP) is 6.09. The van der Waals surface area contributed by atoms with Crippen molar-refractivity contribution >= 4 is 5.91 Å². The quantitative estimate of drug-likeness (QED) is 0.531. The van der Waals surface area contributed by atoms with Gasteiger partial charge in [-0.05, 0) is 61.1 Å². The minimum absolute atomic E-state index is 0.145. The van der Waals surface area contributed by atoms with Crippen LogP contribution in [0.4, 0.5) is 4.39 Å². The van der Waals surface area contributed by atoms with Crippen molar-refractivity contribution in [3.63, 3.8) is 0 Å². The van der Waals surface area contributed by atoms with Gasteiger partial charge in [-0.15, -0.1) is 0 Å². The van der Waals surface area contributed by atoms with Gasteiger partial charge in [0, 0.05) is 44.7 Å². The van der Waals surface area contributed by atoms with Crippen LogP contribution in [0.25, 0.3) is 0 Å². The van der Waals surface area contributed by atoms with Gasteiger partial charge in [-0.1, -0.05) is 56.7 Å². The Balaban J connectivity index is 1.52. The second kappa shape index (κ2) is 12.0. The van der Waals surface area contributed by atoms with Gasteiger partial charge in [-0.2, -0.15) is 0 Å². The monoisotopic (exact) mass is 480 g/mol. The molecule has 0 aliphatic carbocycles. The summed E-state index contributed by atoms with van der Waals surface area (Å²) in [6.45, 7) is 8.71. The zero-order valence-electron chi connectivity index (χ0n) is 21.5. The summed E-state index contributed by atoms with van der Waals surface area (Å²) in [7, 11) is 0. The van der Waals surface area contributed by atoms with Crippen molar-refractivity contribution in [2.24, 2.45) is 11.3 Å². The minimum Gasteiger partial charge on any atom is -0.492 e. The first-order valence-electron chi connectivity index (χ1n) is 13.4. The van der Waals surface area contributed by atoms with E-state index in [9.17, 15) is 9.18 Å². The van der Waals surface area contributed by atoms with E-state index in [1.54, 1.807) is 12.1 Å². The summed E-state index contributed by atoms with van der Waals surface area (Å²) < 4.78 is 20.8. The number of halogens is 1. The average molecular weight is 481 g/mol. The number of carbonyl (C=O) groups is 1. The highest BCUT2D eigenvalue weighted by Gasteiger charge is 2.37. The molecule has 2 aromatic rings. The Hall–Kier alpha value is -2.40. The minimum atomic E-state index is -0.145. The van der Waals surface area contributed by atoms with Crippen molar-refractivity contribution < 1.29 is 13.9 Å². The van der Waals surface area contributed by atoms with E-state index in [1.807, 2.05) is 18.2 Å². The fourth-order valence-electron chi connectivity index (χ4n) is 5.70. The van der Waals surface area contributed by atoms with Gasteiger partial charge >= 0.3 is 0 Å². The van der Waals surface area contributed by atoms with Crippen molar-refractivity contribution in [3.05, 3.63) is 65.5 Å². The molecule has 0 saturated carbocycles. The number of piperidine rings is 1. The van der Waals surface area contributed by atoms with Crippen molar-refractivity contribution in [2.75, 3.05) is 32.8 Å². The molecule has 0 unspecified atom stereocenters. The van der Waals surface area contributed by atoms with Gasteiger partial charge in [-0.25, -0.2) is 4.39 Å². The van der Waals surface area contributed by atoms with Gasteiger partial charge in [0.1, 0.15) is 18.2 Å². The Kier molecular flexibility index (Phi) is 8.83. The normalized spacial score (nSPS) is 19.5. The fraction of sp³-hybridized carbons (Fsp3) is 0.567. The smallest absolute Gasteiger partial charge is 0.222 e. The molecule has 35 heavy (non-hydrogen) atoms. The van der Waals surface area contributed by atoms with E-state index in [-0.39, 0.29) is 17.1 Å². The lowest BCUT2D eigenvalue weighted by Gasteiger charge is -2.45. The van der Waals surface area contributed by atoms with Crippen LogP contribution in [0.15, 0.2) is 48.5 Å². The third-order valence-corrected chi connectivity index (χ3v) is 7.71. The van der Waals surface area contributed by atoms with Crippen LogP contribution in [-0.2, 0) is 17.8 Å². The molecule has 1 fully saturated rings. The predicted molar refractivity (Wildman–Crippen MR) is 139 cm³/mol. The Bertz CT molecular complexity index is 968. The van der Waals surface area contributed by atoms with Crippen LogP contribution in [0.3, 0.4) is 0 Å². The maximum absolute atomic E-state index is 14.6. The van der Waals surface area contributed by atoms with E-state index in [4.69, 9.17) is 4.74 Å². The third-order valence-electron chi connectivity index (χ3n) is 7.71. The highest BCUT2D eigenvalue weighted by molar-refractivity contribution is 5.76. The second-order valence-corrected chi connectivity index (χ2v) is 10.9. The molecule has 2 heterocycles. The molecule has 0 atom stereocenters. The highest BCUT2D eigenvalue weighted by Crippen LogP contribution is 2.39. The molecule has 190 valence electrons. The molecule has 1 saturated heterocycles. The highest BCUT2D eigenvalue weighted by atomic mass is 19.1. The standard InChI is InChI=1S/C30H41FN2O2/c1-24(2)21-29(34)33-17-15-30(16-18-33)14-8-7-10-25-9-4-6-13-28(25)35-20-19-32(23-30)22-26-11-3-5-12-27(26)31/h3-6,9,11-13,24H,7-8,10,14-23H2,1-2H3. The van der Waals surface area contributed by atoms with Crippen molar-refractivity contribution in [1.82, 2.24) is 9.80 Å². The number of benzene rings is 2. The number of hydrogen-bond donors (Lipinski definition) is 0. The first-order chi connectivity index (χ1) is 16.9. The SMILES string of the molecule is CC(C)CC(=O)N1CCC2(CCCCc3ccccc3OCCN(Cc3ccccc3F)C2)CC1. The Labute approximate surface area is 210 Å². The van der Waals surface area contributed by atoms with E-state index in [0.717, 1.165) is 76.0 Å². The van der Waals surface area contributed by atoms with E-state index in [1.165, 1.54) is 5.56 Å². The number of carbonyl (C=O) groups excluding carboxylic acids is 1. The van der Waals surface area contributed by atoms with Crippen molar-refractivity contribution in [2.45, 2.75) is 65.3 Å². The maximum Gasteiger partial charge on any atom is 0.222 e. The maximum atomic E-state index is 14.6. The summed E-state index contributed by atoms with van der Waals surface area (Å²) in [5, 5.41) is 0. The number of aryl methyl sites for hydroxylation is 1. The second-order valence-electron chi connectivity index (χ2n) is 10.9. The van der Waals surface area contributed by atoms with E-state index >= 15 is 0 Å². The molecule has 4 nitrogen and oxygen atoms in total. The summed E-state index contributed by atoms with van der Waals surface area (Å²) in [6.07, 6.45) is 7.13. The number of nitrogens with zero attached hydrogens (tertiary/aromatic N) is 2. The van der Waals surface area contributed by atoms with Crippen LogP contribution < -0.4 is 4.74 Å². The third kappa shape index (κ3) is 7.07. The molecule has 1 spiro atoms. The Morgan fingerprint density at radius 2 is 1.74 bits per heavy atom. The molecule has 2 aliphatic rings. The summed E-state index contributed by atoms with van der Waals surface area (Å²) >= 11 is 0. The Morgan fingerprint density at radius 3 is 2.51 bits per heavy atom. The lowest BCUT2D eigenvalue weighted by Crippen LogP contribution is -2.48. The summed E-state index contributed by atoms with van der Waals surface area (Å²) in [6, 6.07) is 15.5. The van der Waals surface area contributed by atoms with Crippen LogP contribution in [0.5, 0.6) is 5.75 Å². The molecule has 2 aliphatic heterocycles. The summed E-state index contributed by atoms with van der Waals surface area (Å²) in [4.78, 5) is 17.2. The van der Waals surface area contributed by atoms with Gasteiger partial charge < -0.3 is 9.64 Å². The number of likely N-dealkylation sites (tertiary alicyclic amines) is 1. The first-order valence-corrected chi connectivity index (χ1v) is 13.4. The lowest BCUT2D eigenvalue weighted by atomic mass is 9.73. The molecule has 1 amide bonds. The molecule has 0 bridgehead atoms. The van der Waals surface area contributed by atoms with Crippen LogP contribution in [0.1, 0.15) is 63.5 Å². The topological polar surface area (TPSA) is 32.8 Å². The number of fused-ring (bicyclic) bond motifs is 1. The zero-order chi connectivity index (χ0) is 24.7. The van der Waals surface area contributed by atoms with Gasteiger partial charge in [0.15, 0.2) is 0 Å². The molecule has 4 rings (SSSR count). The lowest BCUT2D eigenvalue weighted by molar-refractivity contribution is -0.134. The number of para-hydroxylation sites is 1. The molecule has 5 heteroatoms. The molecule has 0 aromatic heterocycles. The molecule has 2 aromatic carbocycles. The largest absolute Gasteiger partial charge is 0.492 e. The molecule has 0 radical (unpaired) electrons. The van der Waals surface area contributed by atoms with Crippen LogP contribution >= 0.6 is 0 Å². The molecule has 0 N–H and O–H groups in total. The fourth-order valence-corrected chi connectivity index (χ4v) is 5.70. The molecular formula is C30H41FN2O2.